The molecular formula is C32H35N3O6Si. The van der Waals surface area contributed by atoms with E-state index in [1.807, 2.05) is 47.0 Å². The van der Waals surface area contributed by atoms with Crippen molar-refractivity contribution in [2.24, 2.45) is 0 Å². The summed E-state index contributed by atoms with van der Waals surface area (Å²) < 4.78 is 14.2. The van der Waals surface area contributed by atoms with Crippen LogP contribution in [0.5, 0.6) is 5.75 Å². The van der Waals surface area contributed by atoms with Crippen LogP contribution in [0.4, 0.5) is 0 Å². The number of amides is 2. The molecule has 0 bridgehead atoms. The molecule has 4 N–H and O–H groups in total. The molecule has 2 aromatic heterocycles. The summed E-state index contributed by atoms with van der Waals surface area (Å²) in [5.74, 6) is -0.266. The maximum atomic E-state index is 13.4. The zero-order chi connectivity index (χ0) is 29.9. The third-order valence-electron chi connectivity index (χ3n) is 9.77. The number of ether oxygens (including phenoxy) is 1. The van der Waals surface area contributed by atoms with Gasteiger partial charge in [-0.3, -0.25) is 14.9 Å². The number of nitrogens with zero attached hydrogens (tertiary/aromatic N) is 1. The van der Waals surface area contributed by atoms with Gasteiger partial charge in [-0.05, 0) is 48.8 Å². The molecule has 1 saturated carbocycles. The van der Waals surface area contributed by atoms with Crippen molar-refractivity contribution < 1.29 is 29.0 Å². The number of nitrogens with one attached hydrogen (secondary N) is 2. The van der Waals surface area contributed by atoms with E-state index in [2.05, 4.69) is 44.2 Å². The first kappa shape index (κ1) is 27.1. The van der Waals surface area contributed by atoms with E-state index in [1.165, 1.54) is 0 Å². The van der Waals surface area contributed by atoms with Crippen LogP contribution in [0.15, 0.2) is 42.5 Å². The Hall–Kier alpha value is -3.70. The normalized spacial score (nSPS) is 23.0. The van der Waals surface area contributed by atoms with Crippen molar-refractivity contribution in [1.29, 1.82) is 0 Å². The second-order valence-corrected chi connectivity index (χ2v) is 17.9. The number of aliphatic hydroxyl groups is 2. The zero-order valence-corrected chi connectivity index (χ0v) is 25.5. The fourth-order valence-electron chi connectivity index (χ4n) is 6.67. The number of benzene rings is 3. The number of methoxy groups -OCH3 is 1. The Bertz CT molecular complexity index is 1970. The lowest BCUT2D eigenvalue weighted by molar-refractivity contribution is -0.0199. The van der Waals surface area contributed by atoms with Gasteiger partial charge in [0.05, 0.1) is 41.4 Å². The van der Waals surface area contributed by atoms with Crippen LogP contribution in [-0.2, 0) is 4.43 Å². The number of hydrogen-bond acceptors (Lipinski definition) is 6. The second-order valence-electron chi connectivity index (χ2n) is 13.1. The highest BCUT2D eigenvalue weighted by Crippen LogP contribution is 2.48. The maximum absolute atomic E-state index is 13.4. The fourth-order valence-corrected chi connectivity index (χ4v) is 8.02. The highest BCUT2D eigenvalue weighted by Gasteiger charge is 2.49. The van der Waals surface area contributed by atoms with Crippen LogP contribution < -0.4 is 10.1 Å². The molecule has 218 valence electrons. The number of para-hydroxylation sites is 1. The van der Waals surface area contributed by atoms with Gasteiger partial charge in [-0.15, -0.1) is 0 Å². The van der Waals surface area contributed by atoms with Gasteiger partial charge in [0.15, 0.2) is 8.32 Å². The number of aromatic amines is 1. The van der Waals surface area contributed by atoms with Gasteiger partial charge in [-0.1, -0.05) is 39.0 Å². The van der Waals surface area contributed by atoms with E-state index >= 15 is 0 Å². The summed E-state index contributed by atoms with van der Waals surface area (Å²) in [4.78, 5) is 30.3. The van der Waals surface area contributed by atoms with E-state index in [0.29, 0.717) is 45.1 Å². The average molecular weight is 586 g/mol. The van der Waals surface area contributed by atoms with Crippen molar-refractivity contribution in [2.75, 3.05) is 7.11 Å². The molecule has 1 aliphatic carbocycles. The van der Waals surface area contributed by atoms with E-state index in [0.717, 1.165) is 21.8 Å². The molecule has 1 unspecified atom stereocenters. The SMILES string of the molecule is COc1ccc2[nH]c3c(c4c(c5c6ccccc6n(C6C[C@H](O[Si](C)(C)C(C)(C)C)[C@@H](O)[C@H]6O)c35)C(=O)NC4=O)c2c1. The van der Waals surface area contributed by atoms with Crippen molar-refractivity contribution in [2.45, 2.75) is 69.7 Å². The first-order chi connectivity index (χ1) is 19.8. The number of carbonyl (C=O) groups is 2. The Morgan fingerprint density at radius 2 is 1.64 bits per heavy atom. The number of rotatable bonds is 4. The van der Waals surface area contributed by atoms with Gasteiger partial charge in [0.1, 0.15) is 18.0 Å². The summed E-state index contributed by atoms with van der Waals surface area (Å²) in [5.41, 5.74) is 3.63. The molecule has 5 aromatic rings. The summed E-state index contributed by atoms with van der Waals surface area (Å²) in [6.07, 6.45) is -2.35. The minimum absolute atomic E-state index is 0.0688. The Balaban J connectivity index is 1.56. The topological polar surface area (TPSA) is 126 Å². The lowest BCUT2D eigenvalue weighted by Gasteiger charge is -2.39. The second kappa shape index (κ2) is 8.90. The molecular weight excluding hydrogens is 550 g/mol. The molecule has 2 amide bonds. The van der Waals surface area contributed by atoms with E-state index < -0.39 is 44.5 Å². The standard InChI is InChI=1S/C32H35N3O6Si/c1-32(2,3)42(5,6)41-21-14-20(28(36)29(21)37)35-19-10-8-7-9-16(19)23-25-24(30(38)34-31(25)39)22-17-13-15(40-4)11-12-18(17)33-26(22)27(23)35/h7-13,20-21,28-29,33,36-37H,14H2,1-6H3,(H,34,38,39)/t20?,21-,28-,29+/m0/s1. The van der Waals surface area contributed by atoms with Gasteiger partial charge >= 0.3 is 0 Å². The molecule has 2 aliphatic rings. The molecule has 3 heterocycles. The van der Waals surface area contributed by atoms with Crippen LogP contribution in [0, 0.1) is 0 Å². The molecule has 4 atom stereocenters. The number of carbonyl (C=O) groups excluding carboxylic acids is 2. The van der Waals surface area contributed by atoms with Gasteiger partial charge in [0.25, 0.3) is 11.8 Å². The number of aliphatic hydroxyl groups excluding tert-OH is 2. The number of imide groups is 1. The first-order valence-electron chi connectivity index (χ1n) is 14.3. The molecule has 0 spiro atoms. The lowest BCUT2D eigenvalue weighted by atomic mass is 9.96. The summed E-state index contributed by atoms with van der Waals surface area (Å²) in [6.45, 7) is 10.7. The Morgan fingerprint density at radius 3 is 2.33 bits per heavy atom. The van der Waals surface area contributed by atoms with Crippen molar-refractivity contribution in [1.82, 2.24) is 14.9 Å². The largest absolute Gasteiger partial charge is 0.497 e. The molecule has 1 aliphatic heterocycles. The third-order valence-corrected chi connectivity index (χ3v) is 14.3. The van der Waals surface area contributed by atoms with Crippen LogP contribution in [0.2, 0.25) is 18.1 Å². The molecule has 1 fully saturated rings. The van der Waals surface area contributed by atoms with Crippen LogP contribution in [0.3, 0.4) is 0 Å². The van der Waals surface area contributed by atoms with Crippen molar-refractivity contribution in [3.05, 3.63) is 53.6 Å². The zero-order valence-electron chi connectivity index (χ0n) is 24.5. The smallest absolute Gasteiger partial charge is 0.259 e. The van der Waals surface area contributed by atoms with Crippen molar-refractivity contribution in [3.63, 3.8) is 0 Å². The summed E-state index contributed by atoms with van der Waals surface area (Å²) in [6, 6.07) is 12.8. The average Bonchev–Trinajstić information content (AvgIpc) is 3.63. The van der Waals surface area contributed by atoms with Crippen molar-refractivity contribution in [3.8, 4) is 5.75 Å². The number of hydrogen-bond donors (Lipinski definition) is 4. The van der Waals surface area contributed by atoms with Gasteiger partial charge in [-0.25, -0.2) is 0 Å². The van der Waals surface area contributed by atoms with E-state index in [9.17, 15) is 19.8 Å². The third kappa shape index (κ3) is 3.59. The minimum atomic E-state index is -2.26. The molecule has 3 aromatic carbocycles. The molecule has 10 heteroatoms. The monoisotopic (exact) mass is 585 g/mol. The Kier molecular flexibility index (Phi) is 5.75. The highest BCUT2D eigenvalue weighted by molar-refractivity contribution is 6.74. The number of aromatic nitrogens is 2. The summed E-state index contributed by atoms with van der Waals surface area (Å²) >= 11 is 0. The summed E-state index contributed by atoms with van der Waals surface area (Å²) in [5, 5.41) is 28.2. The predicted octanol–water partition coefficient (Wildman–Crippen LogP) is 5.38. The van der Waals surface area contributed by atoms with E-state index in [4.69, 9.17) is 9.16 Å². The Labute approximate surface area is 243 Å². The molecule has 7 rings (SSSR count). The fraction of sp³-hybridized carbons (Fsp3) is 0.375. The number of H-pyrrole nitrogens is 1. The predicted molar refractivity (Wildman–Crippen MR) is 165 cm³/mol. The highest BCUT2D eigenvalue weighted by atomic mass is 28.4. The number of fused-ring (bicyclic) bond motifs is 10. The van der Waals surface area contributed by atoms with Gasteiger partial charge in [0, 0.05) is 32.6 Å². The van der Waals surface area contributed by atoms with E-state index in [-0.39, 0.29) is 5.04 Å². The molecule has 42 heavy (non-hydrogen) atoms. The van der Waals surface area contributed by atoms with Crippen LogP contribution >= 0.6 is 0 Å². The van der Waals surface area contributed by atoms with Gasteiger partial charge < -0.3 is 28.9 Å². The summed E-state index contributed by atoms with van der Waals surface area (Å²) in [7, 11) is -0.673. The van der Waals surface area contributed by atoms with E-state index in [1.54, 1.807) is 7.11 Å². The quantitative estimate of drug-likeness (QED) is 0.166. The first-order valence-corrected chi connectivity index (χ1v) is 17.2. The van der Waals surface area contributed by atoms with Crippen molar-refractivity contribution >= 4 is 63.7 Å². The van der Waals surface area contributed by atoms with Gasteiger partial charge in [0.2, 0.25) is 0 Å². The van der Waals surface area contributed by atoms with Gasteiger partial charge in [-0.2, -0.15) is 0 Å². The van der Waals surface area contributed by atoms with Crippen LogP contribution in [0.1, 0.15) is 53.9 Å². The minimum Gasteiger partial charge on any atom is -0.497 e. The molecule has 9 nitrogen and oxygen atoms in total. The maximum Gasteiger partial charge on any atom is 0.259 e. The molecule has 0 radical (unpaired) electrons. The Morgan fingerprint density at radius 1 is 0.952 bits per heavy atom. The molecule has 0 saturated heterocycles. The van der Waals surface area contributed by atoms with Crippen LogP contribution in [-0.4, -0.2) is 65.3 Å². The van der Waals surface area contributed by atoms with Crippen LogP contribution in [0.25, 0.3) is 43.6 Å². The lowest BCUT2D eigenvalue weighted by Crippen LogP contribution is -2.46.